The molecular weight excluding hydrogens is 172 g/mol. The van der Waals surface area contributed by atoms with Crippen molar-refractivity contribution in [3.63, 3.8) is 0 Å². The first kappa shape index (κ1) is 8.13. The minimum Gasteiger partial charge on any atom is -0.390 e. The van der Waals surface area contributed by atoms with Crippen molar-refractivity contribution in [3.05, 3.63) is 20.2 Å². The molecule has 0 spiro atoms. The second-order valence-electron chi connectivity index (χ2n) is 1.88. The van der Waals surface area contributed by atoms with E-state index in [1.54, 1.807) is 0 Å². The van der Waals surface area contributed by atoms with Gasteiger partial charge in [-0.25, -0.2) is 16.0 Å². The van der Waals surface area contributed by atoms with E-state index in [4.69, 9.17) is 5.84 Å². The average molecular weight is 176 g/mol. The van der Waals surface area contributed by atoms with Gasteiger partial charge in [0.1, 0.15) is 0 Å². The number of nitrogens with zero attached hydrogens (tertiary/aromatic N) is 5. The zero-order valence-corrected chi connectivity index (χ0v) is 5.65. The lowest BCUT2D eigenvalue weighted by Crippen LogP contribution is -2.40. The van der Waals surface area contributed by atoms with Crippen LogP contribution in [0.5, 0.6) is 0 Å². The summed E-state index contributed by atoms with van der Waals surface area (Å²) in [7, 11) is 0. The van der Waals surface area contributed by atoms with Gasteiger partial charge in [-0.15, -0.1) is 5.12 Å². The summed E-state index contributed by atoms with van der Waals surface area (Å²) in [6.07, 6.45) is 0. The molecule has 0 amide bonds. The van der Waals surface area contributed by atoms with Crippen molar-refractivity contribution < 1.29 is 9.96 Å². The lowest BCUT2D eigenvalue weighted by atomic mass is 10.9. The van der Waals surface area contributed by atoms with Crippen LogP contribution in [0.4, 0.5) is 0 Å². The SMILES string of the molecule is NN1CN([N+](=O)[O-])C([N+](=O)[O-])=N1. The molecule has 0 atom stereocenters. The zero-order chi connectivity index (χ0) is 9.30. The Kier molecular flexibility index (Phi) is 1.75. The second-order valence-corrected chi connectivity index (χ2v) is 1.88. The van der Waals surface area contributed by atoms with E-state index in [1.165, 1.54) is 0 Å². The van der Waals surface area contributed by atoms with E-state index >= 15 is 0 Å². The van der Waals surface area contributed by atoms with Crippen molar-refractivity contribution in [3.8, 4) is 0 Å². The third kappa shape index (κ3) is 1.22. The molecule has 12 heavy (non-hydrogen) atoms. The molecule has 0 aromatic carbocycles. The van der Waals surface area contributed by atoms with Gasteiger partial charge in [-0.3, -0.25) is 0 Å². The maximum absolute atomic E-state index is 10.1. The number of nitro groups is 2. The van der Waals surface area contributed by atoms with E-state index in [1.807, 2.05) is 0 Å². The fourth-order valence-electron chi connectivity index (χ4n) is 0.654. The van der Waals surface area contributed by atoms with Crippen LogP contribution in [0.1, 0.15) is 0 Å². The summed E-state index contributed by atoms with van der Waals surface area (Å²) in [5.74, 6) is 4.10. The summed E-state index contributed by atoms with van der Waals surface area (Å²) >= 11 is 0. The van der Waals surface area contributed by atoms with Gasteiger partial charge in [-0.1, -0.05) is 0 Å². The lowest BCUT2D eigenvalue weighted by Gasteiger charge is -1.99. The van der Waals surface area contributed by atoms with Gasteiger partial charge in [-0.2, -0.15) is 0 Å². The Balaban J connectivity index is 2.87. The summed E-state index contributed by atoms with van der Waals surface area (Å²) in [4.78, 5) is 19.3. The maximum atomic E-state index is 10.1. The van der Waals surface area contributed by atoms with E-state index in [-0.39, 0.29) is 5.01 Å². The molecule has 0 saturated carbocycles. The van der Waals surface area contributed by atoms with Crippen molar-refractivity contribution in [2.24, 2.45) is 10.9 Å². The minimum atomic E-state index is -0.977. The van der Waals surface area contributed by atoms with Gasteiger partial charge < -0.3 is 10.1 Å². The van der Waals surface area contributed by atoms with Crippen molar-refractivity contribution in [1.82, 2.24) is 10.1 Å². The fourth-order valence-corrected chi connectivity index (χ4v) is 0.654. The molecule has 1 aliphatic heterocycles. The highest BCUT2D eigenvalue weighted by molar-refractivity contribution is 5.71. The molecule has 0 aromatic rings. The number of hydrogen-bond acceptors (Lipinski definition) is 7. The summed E-state index contributed by atoms with van der Waals surface area (Å²) in [6, 6.07) is 0. The molecule has 0 aliphatic carbocycles. The Morgan fingerprint density at radius 1 is 1.50 bits per heavy atom. The molecule has 2 N–H and O–H groups in total. The van der Waals surface area contributed by atoms with Crippen LogP contribution < -0.4 is 5.84 Å². The Bertz CT molecular complexity index is 260. The van der Waals surface area contributed by atoms with Crippen LogP contribution in [0.2, 0.25) is 0 Å². The molecule has 0 aromatic heterocycles. The first-order valence-corrected chi connectivity index (χ1v) is 2.69. The van der Waals surface area contributed by atoms with Gasteiger partial charge in [0.2, 0.25) is 5.03 Å². The van der Waals surface area contributed by atoms with Crippen molar-refractivity contribution in [2.45, 2.75) is 0 Å². The highest BCUT2D eigenvalue weighted by atomic mass is 16.7. The summed E-state index contributed by atoms with van der Waals surface area (Å²) < 4.78 is 0. The van der Waals surface area contributed by atoms with Crippen LogP contribution in [0.25, 0.3) is 0 Å². The predicted molar refractivity (Wildman–Crippen MR) is 34.2 cm³/mol. The Hall–Kier alpha value is -1.97. The smallest absolute Gasteiger partial charge is 0.390 e. The van der Waals surface area contributed by atoms with Crippen molar-refractivity contribution >= 4 is 5.96 Å². The first-order valence-electron chi connectivity index (χ1n) is 2.69. The van der Waals surface area contributed by atoms with Crippen molar-refractivity contribution in [2.75, 3.05) is 6.67 Å². The average Bonchev–Trinajstić information content (AvgIpc) is 2.31. The fraction of sp³-hybridized carbons (Fsp3) is 0.500. The van der Waals surface area contributed by atoms with Crippen LogP contribution in [0.3, 0.4) is 0 Å². The van der Waals surface area contributed by atoms with Crippen LogP contribution in [0, 0.1) is 20.2 Å². The van der Waals surface area contributed by atoms with Crippen LogP contribution in [-0.4, -0.2) is 32.7 Å². The monoisotopic (exact) mass is 176 g/mol. The third-order valence-electron chi connectivity index (χ3n) is 1.09. The van der Waals surface area contributed by atoms with Gasteiger partial charge in [-0.05, 0) is 4.92 Å². The maximum Gasteiger partial charge on any atom is 0.515 e. The van der Waals surface area contributed by atoms with Crippen LogP contribution in [-0.2, 0) is 0 Å². The molecule has 66 valence electrons. The van der Waals surface area contributed by atoms with Crippen LogP contribution >= 0.6 is 0 Å². The summed E-state index contributed by atoms with van der Waals surface area (Å²) in [5, 5.41) is 23.2. The van der Waals surface area contributed by atoms with Crippen LogP contribution in [0.15, 0.2) is 5.10 Å². The number of hydrazone groups is 1. The standard InChI is InChI=1S/C2H4N6O4/c3-6-1-5(8(11)12)2(4-6)7(9)10/h1,3H2. The summed E-state index contributed by atoms with van der Waals surface area (Å²) in [5.41, 5.74) is 0. The molecule has 0 bridgehead atoms. The van der Waals surface area contributed by atoms with E-state index in [9.17, 15) is 20.2 Å². The highest BCUT2D eigenvalue weighted by Gasteiger charge is 2.42. The van der Waals surface area contributed by atoms with Gasteiger partial charge in [0.15, 0.2) is 0 Å². The molecule has 1 rings (SSSR count). The quantitative estimate of drug-likeness (QED) is 0.282. The van der Waals surface area contributed by atoms with E-state index < -0.39 is 22.6 Å². The number of nitrogens with two attached hydrogens (primary N) is 1. The summed E-state index contributed by atoms with van der Waals surface area (Å²) in [6.45, 7) is -0.427. The highest BCUT2D eigenvalue weighted by Crippen LogP contribution is 2.03. The topological polar surface area (TPSA) is 131 Å². The first-order chi connectivity index (χ1) is 5.52. The molecule has 10 nitrogen and oxygen atoms in total. The molecule has 0 fully saturated rings. The van der Waals surface area contributed by atoms with E-state index in [0.717, 1.165) is 0 Å². The number of hydrazine groups is 2. The molecule has 0 unspecified atom stereocenters. The molecule has 10 heteroatoms. The molecule has 1 aliphatic rings. The second kappa shape index (κ2) is 2.58. The third-order valence-corrected chi connectivity index (χ3v) is 1.09. The molecule has 0 radical (unpaired) electrons. The van der Waals surface area contributed by atoms with E-state index in [0.29, 0.717) is 5.12 Å². The van der Waals surface area contributed by atoms with E-state index in [2.05, 4.69) is 5.10 Å². The minimum absolute atomic E-state index is 0.236. The Morgan fingerprint density at radius 2 is 2.08 bits per heavy atom. The largest absolute Gasteiger partial charge is 0.515 e. The van der Waals surface area contributed by atoms with Gasteiger partial charge in [0, 0.05) is 5.10 Å². The number of guanidine groups is 1. The van der Waals surface area contributed by atoms with Gasteiger partial charge in [0.05, 0.1) is 5.01 Å². The normalized spacial score (nSPS) is 16.2. The predicted octanol–water partition coefficient (Wildman–Crippen LogP) is -1.83. The lowest BCUT2D eigenvalue weighted by molar-refractivity contribution is -0.645. The number of hydrogen-bond donors (Lipinski definition) is 1. The Labute approximate surface area is 65.1 Å². The Morgan fingerprint density at radius 3 is 2.42 bits per heavy atom. The molecular formula is C2H4N6O4. The zero-order valence-electron chi connectivity index (χ0n) is 5.65. The van der Waals surface area contributed by atoms with Gasteiger partial charge in [0.25, 0.3) is 6.67 Å². The molecule has 1 heterocycles. The van der Waals surface area contributed by atoms with Crippen molar-refractivity contribution in [1.29, 1.82) is 0 Å². The number of rotatable bonds is 1. The molecule has 0 saturated heterocycles. The van der Waals surface area contributed by atoms with Gasteiger partial charge >= 0.3 is 5.96 Å².